The normalized spacial score (nSPS) is 18.7. The number of hydrogen-bond acceptors (Lipinski definition) is 4. The van der Waals surface area contributed by atoms with Gasteiger partial charge >= 0.3 is 0 Å². The minimum atomic E-state index is -0.570. The Hall–Kier alpha value is -2.70. The van der Waals surface area contributed by atoms with E-state index in [1.807, 2.05) is 19.9 Å². The highest BCUT2D eigenvalue weighted by molar-refractivity contribution is 6.36. The third kappa shape index (κ3) is 4.23. The average Bonchev–Trinajstić information content (AvgIpc) is 3.18. The Morgan fingerprint density at radius 3 is 2.71 bits per heavy atom. The van der Waals surface area contributed by atoms with Crippen LogP contribution in [-0.2, 0) is 26.3 Å². The molecule has 0 bridgehead atoms. The molecule has 2 aliphatic heterocycles. The lowest BCUT2D eigenvalue weighted by Gasteiger charge is -2.20. The summed E-state index contributed by atoms with van der Waals surface area (Å²) in [7, 11) is 3.82. The lowest BCUT2D eigenvalue weighted by molar-refractivity contribution is -0.110. The monoisotopic (exact) mass is 424 g/mol. The molecular weight excluding hydrogens is 395 g/mol. The molecule has 2 aliphatic rings. The summed E-state index contributed by atoms with van der Waals surface area (Å²) >= 11 is 0. The number of benzene rings is 2. The van der Waals surface area contributed by atoms with E-state index in [0.717, 1.165) is 43.7 Å². The van der Waals surface area contributed by atoms with E-state index < -0.39 is 5.60 Å². The predicted octanol–water partition coefficient (Wildman–Crippen LogP) is 4.42. The summed E-state index contributed by atoms with van der Waals surface area (Å²) in [5.74, 6) is -0.119. The van der Waals surface area contributed by atoms with Gasteiger partial charge in [-0.25, -0.2) is 4.39 Å². The molecule has 0 spiro atoms. The zero-order chi connectivity index (χ0) is 22.2. The van der Waals surface area contributed by atoms with E-state index >= 15 is 0 Å². The summed E-state index contributed by atoms with van der Waals surface area (Å²) < 4.78 is 25.3. The van der Waals surface area contributed by atoms with E-state index in [9.17, 15) is 9.18 Å². The molecule has 4 rings (SSSR count). The number of halogens is 1. The summed E-state index contributed by atoms with van der Waals surface area (Å²) in [5.41, 5.74) is 4.17. The fraction of sp³-hybridized carbons (Fsp3) is 0.400. The molecule has 2 aromatic carbocycles. The first-order valence-electron chi connectivity index (χ1n) is 10.7. The number of rotatable bonds is 7. The molecule has 1 N–H and O–H groups in total. The number of nitrogens with one attached hydrogen (secondary N) is 1. The van der Waals surface area contributed by atoms with Crippen LogP contribution in [0.1, 0.15) is 42.5 Å². The van der Waals surface area contributed by atoms with Crippen molar-refractivity contribution in [3.8, 4) is 0 Å². The third-order valence-corrected chi connectivity index (χ3v) is 5.97. The molecule has 0 radical (unpaired) electrons. The SMILES string of the molecule is COCCN(C)CCCc1ccc2c(c1)C(C)(C)O/C2=C1/C(=O)Nc2ccc(F)cc21. The standard InChI is InChI=1S/C25H29FN2O3/c1-25(2)20-14-16(6-5-11-28(3)12-13-30-4)7-9-18(20)23(31-25)22-19-15-17(26)8-10-21(19)27-24(22)29/h7-10,14-15H,5-6,11-13H2,1-4H3,(H,27,29)/b23-22+. The maximum absolute atomic E-state index is 13.9. The number of anilines is 1. The number of methoxy groups -OCH3 is 1. The highest BCUT2D eigenvalue weighted by Gasteiger charge is 2.40. The maximum atomic E-state index is 13.9. The molecule has 0 saturated carbocycles. The van der Waals surface area contributed by atoms with Gasteiger partial charge in [0, 0.05) is 36.0 Å². The van der Waals surface area contributed by atoms with E-state index in [0.29, 0.717) is 22.6 Å². The van der Waals surface area contributed by atoms with Crippen molar-refractivity contribution in [2.75, 3.05) is 39.2 Å². The minimum Gasteiger partial charge on any atom is -0.482 e. The highest BCUT2D eigenvalue weighted by Crippen LogP contribution is 2.48. The summed E-state index contributed by atoms with van der Waals surface area (Å²) in [6.07, 6.45) is 2.00. The molecule has 0 atom stereocenters. The molecule has 6 heteroatoms. The van der Waals surface area contributed by atoms with Crippen LogP contribution in [0.4, 0.5) is 10.1 Å². The molecule has 2 aromatic rings. The molecule has 1 amide bonds. The lowest BCUT2D eigenvalue weighted by Crippen LogP contribution is -2.24. The van der Waals surface area contributed by atoms with Gasteiger partial charge in [0.1, 0.15) is 17.2 Å². The number of likely N-dealkylation sites (N-methyl/N-ethyl adjacent to an activating group) is 1. The molecular formula is C25H29FN2O3. The Morgan fingerprint density at radius 1 is 1.13 bits per heavy atom. The van der Waals surface area contributed by atoms with Crippen LogP contribution < -0.4 is 5.32 Å². The number of amides is 1. The average molecular weight is 425 g/mol. The van der Waals surface area contributed by atoms with E-state index in [1.54, 1.807) is 13.2 Å². The molecule has 164 valence electrons. The van der Waals surface area contributed by atoms with Gasteiger partial charge in [-0.15, -0.1) is 0 Å². The molecule has 0 aromatic heterocycles. The molecule has 0 unspecified atom stereocenters. The van der Waals surface area contributed by atoms with Gasteiger partial charge in [0.2, 0.25) is 0 Å². The summed E-state index contributed by atoms with van der Waals surface area (Å²) in [5, 5.41) is 2.82. The van der Waals surface area contributed by atoms with Gasteiger partial charge in [-0.3, -0.25) is 4.79 Å². The van der Waals surface area contributed by atoms with Crippen LogP contribution in [-0.4, -0.2) is 44.7 Å². The molecule has 0 aliphatic carbocycles. The number of carbonyl (C=O) groups is 1. The fourth-order valence-corrected chi connectivity index (χ4v) is 4.27. The van der Waals surface area contributed by atoms with E-state index in [1.165, 1.54) is 17.7 Å². The van der Waals surface area contributed by atoms with Gasteiger partial charge in [-0.05, 0) is 64.0 Å². The zero-order valence-electron chi connectivity index (χ0n) is 18.5. The molecule has 0 saturated heterocycles. The summed E-state index contributed by atoms with van der Waals surface area (Å²) in [4.78, 5) is 15.0. The minimum absolute atomic E-state index is 0.262. The van der Waals surface area contributed by atoms with Crippen molar-refractivity contribution in [1.82, 2.24) is 4.90 Å². The summed E-state index contributed by atoms with van der Waals surface area (Å²) in [6.45, 7) is 6.65. The number of nitrogens with zero attached hydrogens (tertiary/aromatic N) is 1. The van der Waals surface area contributed by atoms with Crippen molar-refractivity contribution >= 4 is 22.9 Å². The van der Waals surface area contributed by atoms with Crippen molar-refractivity contribution in [2.45, 2.75) is 32.3 Å². The topological polar surface area (TPSA) is 50.8 Å². The van der Waals surface area contributed by atoms with Crippen LogP contribution in [0.5, 0.6) is 0 Å². The predicted molar refractivity (Wildman–Crippen MR) is 120 cm³/mol. The van der Waals surface area contributed by atoms with Crippen LogP contribution in [0, 0.1) is 5.82 Å². The van der Waals surface area contributed by atoms with Gasteiger partial charge < -0.3 is 19.7 Å². The number of carbonyl (C=O) groups excluding carboxylic acids is 1. The second-order valence-electron chi connectivity index (χ2n) is 8.74. The maximum Gasteiger partial charge on any atom is 0.260 e. The van der Waals surface area contributed by atoms with Gasteiger partial charge in [-0.2, -0.15) is 0 Å². The van der Waals surface area contributed by atoms with E-state index in [4.69, 9.17) is 9.47 Å². The van der Waals surface area contributed by atoms with Gasteiger partial charge in [0.05, 0.1) is 12.2 Å². The van der Waals surface area contributed by atoms with Gasteiger partial charge in [0.25, 0.3) is 5.91 Å². The lowest BCUT2D eigenvalue weighted by atomic mass is 9.91. The van der Waals surface area contributed by atoms with Crippen molar-refractivity contribution in [1.29, 1.82) is 0 Å². The van der Waals surface area contributed by atoms with Gasteiger partial charge in [0.15, 0.2) is 0 Å². The van der Waals surface area contributed by atoms with Crippen LogP contribution >= 0.6 is 0 Å². The van der Waals surface area contributed by atoms with Gasteiger partial charge in [-0.1, -0.05) is 18.2 Å². The number of fused-ring (bicyclic) bond motifs is 2. The van der Waals surface area contributed by atoms with E-state index in [-0.39, 0.29) is 11.7 Å². The number of hydrogen-bond donors (Lipinski definition) is 1. The Bertz CT molecular complexity index is 1050. The largest absolute Gasteiger partial charge is 0.482 e. The van der Waals surface area contributed by atoms with Crippen LogP contribution in [0.15, 0.2) is 36.4 Å². The van der Waals surface area contributed by atoms with Crippen LogP contribution in [0.2, 0.25) is 0 Å². The van der Waals surface area contributed by atoms with Crippen molar-refractivity contribution in [3.63, 3.8) is 0 Å². The summed E-state index contributed by atoms with van der Waals surface area (Å²) in [6, 6.07) is 10.6. The molecule has 5 nitrogen and oxygen atoms in total. The Kier molecular flexibility index (Phi) is 5.86. The Labute approximate surface area is 182 Å². The van der Waals surface area contributed by atoms with Crippen LogP contribution in [0.25, 0.3) is 11.3 Å². The fourth-order valence-electron chi connectivity index (χ4n) is 4.27. The molecule has 31 heavy (non-hydrogen) atoms. The first kappa shape index (κ1) is 21.5. The van der Waals surface area contributed by atoms with Crippen molar-refractivity contribution in [2.24, 2.45) is 0 Å². The first-order chi connectivity index (χ1) is 14.8. The number of ether oxygens (including phenoxy) is 2. The second-order valence-corrected chi connectivity index (χ2v) is 8.74. The molecule has 0 fully saturated rings. The smallest absolute Gasteiger partial charge is 0.260 e. The Balaban J connectivity index is 1.61. The van der Waals surface area contributed by atoms with E-state index in [2.05, 4.69) is 29.4 Å². The second kappa shape index (κ2) is 8.44. The molecule has 2 heterocycles. The van der Waals surface area contributed by atoms with Crippen molar-refractivity contribution in [3.05, 3.63) is 64.5 Å². The third-order valence-electron chi connectivity index (χ3n) is 5.97. The van der Waals surface area contributed by atoms with Crippen LogP contribution in [0.3, 0.4) is 0 Å². The highest BCUT2D eigenvalue weighted by atomic mass is 19.1. The first-order valence-corrected chi connectivity index (χ1v) is 10.7. The van der Waals surface area contributed by atoms with Crippen molar-refractivity contribution < 1.29 is 18.7 Å². The quantitative estimate of drug-likeness (QED) is 0.669. The number of aryl methyl sites for hydroxylation is 1. The zero-order valence-corrected chi connectivity index (χ0v) is 18.5. The Morgan fingerprint density at radius 2 is 1.94 bits per heavy atom.